The molecule has 1 heterocycles. The first-order chi connectivity index (χ1) is 13.1. The molecule has 1 saturated carbocycles. The molecule has 0 bridgehead atoms. The summed E-state index contributed by atoms with van der Waals surface area (Å²) in [7, 11) is 2.14. The van der Waals surface area contributed by atoms with Gasteiger partial charge in [-0.2, -0.15) is 0 Å². The van der Waals surface area contributed by atoms with E-state index in [1.807, 2.05) is 12.1 Å². The molecular formula is C23H38N2O2. The number of hydrogen-bond acceptors (Lipinski definition) is 4. The van der Waals surface area contributed by atoms with Gasteiger partial charge in [-0.3, -0.25) is 4.90 Å². The average Bonchev–Trinajstić information content (AvgIpc) is 2.69. The second kappa shape index (κ2) is 10.4. The predicted molar refractivity (Wildman–Crippen MR) is 111 cm³/mol. The molecule has 1 saturated heterocycles. The summed E-state index contributed by atoms with van der Waals surface area (Å²) in [6.07, 6.45) is 8.67. The highest BCUT2D eigenvalue weighted by Crippen LogP contribution is 2.24. The number of para-hydroxylation sites is 1. The van der Waals surface area contributed by atoms with Crippen LogP contribution in [0.25, 0.3) is 0 Å². The van der Waals surface area contributed by atoms with Crippen LogP contribution in [0.4, 0.5) is 0 Å². The van der Waals surface area contributed by atoms with Gasteiger partial charge in [0.25, 0.3) is 0 Å². The molecule has 0 amide bonds. The van der Waals surface area contributed by atoms with Gasteiger partial charge >= 0.3 is 0 Å². The molecule has 152 valence electrons. The van der Waals surface area contributed by atoms with E-state index >= 15 is 0 Å². The molecular weight excluding hydrogens is 336 g/mol. The fourth-order valence-electron chi connectivity index (χ4n) is 4.48. The first-order valence-electron chi connectivity index (χ1n) is 10.9. The van der Waals surface area contributed by atoms with Crippen molar-refractivity contribution in [1.29, 1.82) is 0 Å². The third kappa shape index (κ3) is 6.48. The molecule has 2 fully saturated rings. The monoisotopic (exact) mass is 374 g/mol. The molecule has 0 aromatic heterocycles. The van der Waals surface area contributed by atoms with Gasteiger partial charge in [-0.05, 0) is 57.8 Å². The van der Waals surface area contributed by atoms with Gasteiger partial charge < -0.3 is 14.7 Å². The van der Waals surface area contributed by atoms with E-state index < -0.39 is 6.10 Å². The minimum atomic E-state index is -0.444. The van der Waals surface area contributed by atoms with Gasteiger partial charge in [-0.25, -0.2) is 0 Å². The van der Waals surface area contributed by atoms with Crippen molar-refractivity contribution < 1.29 is 9.84 Å². The van der Waals surface area contributed by atoms with Crippen LogP contribution in [0.3, 0.4) is 0 Å². The molecule has 4 nitrogen and oxygen atoms in total. The second-order valence-corrected chi connectivity index (χ2v) is 8.76. The Kier molecular flexibility index (Phi) is 7.98. The Morgan fingerprint density at radius 1 is 1.11 bits per heavy atom. The molecule has 1 N–H and O–H groups in total. The van der Waals surface area contributed by atoms with Gasteiger partial charge in [-0.1, -0.05) is 44.4 Å². The van der Waals surface area contributed by atoms with Crippen molar-refractivity contribution in [2.24, 2.45) is 5.92 Å². The smallest absolute Gasteiger partial charge is 0.123 e. The maximum absolute atomic E-state index is 10.5. The van der Waals surface area contributed by atoms with Crippen LogP contribution in [0.2, 0.25) is 0 Å². The summed E-state index contributed by atoms with van der Waals surface area (Å²) in [5.41, 5.74) is 1.24. The maximum atomic E-state index is 10.5. The number of rotatable bonds is 8. The largest absolute Gasteiger partial charge is 0.491 e. The number of aliphatic hydroxyl groups is 1. The normalized spacial score (nSPS) is 21.5. The molecule has 1 aromatic carbocycles. The van der Waals surface area contributed by atoms with E-state index in [1.54, 1.807) is 0 Å². The lowest BCUT2D eigenvalue weighted by Crippen LogP contribution is -2.40. The topological polar surface area (TPSA) is 35.9 Å². The van der Waals surface area contributed by atoms with Crippen molar-refractivity contribution >= 4 is 0 Å². The number of aliphatic hydroxyl groups excluding tert-OH is 1. The van der Waals surface area contributed by atoms with E-state index in [0.29, 0.717) is 19.2 Å². The van der Waals surface area contributed by atoms with Gasteiger partial charge in [0.05, 0.1) is 0 Å². The summed E-state index contributed by atoms with van der Waals surface area (Å²) >= 11 is 0. The molecule has 1 aromatic rings. The third-order valence-electron chi connectivity index (χ3n) is 6.37. The summed E-state index contributed by atoms with van der Waals surface area (Å²) < 4.78 is 6.05. The lowest BCUT2D eigenvalue weighted by atomic mass is 9.94. The SMILES string of the molecule is CC1CCN(Cc2ccccc2OCC(O)CN(C)C2CCCCC2)CC1. The standard InChI is InChI=1S/C23H38N2O2/c1-19-12-14-25(15-13-19)16-20-8-6-7-11-23(20)27-18-22(26)17-24(2)21-9-4-3-5-10-21/h6-8,11,19,21-22,26H,3-5,9-10,12-18H2,1-2H3. The van der Waals surface area contributed by atoms with Crippen LogP contribution in [-0.2, 0) is 6.54 Å². The van der Waals surface area contributed by atoms with Crippen LogP contribution < -0.4 is 4.74 Å². The van der Waals surface area contributed by atoms with Crippen molar-refractivity contribution in [3.63, 3.8) is 0 Å². The van der Waals surface area contributed by atoms with E-state index in [-0.39, 0.29) is 0 Å². The van der Waals surface area contributed by atoms with E-state index in [0.717, 1.165) is 18.2 Å². The molecule has 1 unspecified atom stereocenters. The zero-order valence-electron chi connectivity index (χ0n) is 17.3. The number of benzene rings is 1. The van der Waals surface area contributed by atoms with E-state index in [9.17, 15) is 5.11 Å². The van der Waals surface area contributed by atoms with Crippen LogP contribution in [0.1, 0.15) is 57.4 Å². The average molecular weight is 375 g/mol. The second-order valence-electron chi connectivity index (χ2n) is 8.76. The Balaban J connectivity index is 1.47. The maximum Gasteiger partial charge on any atom is 0.123 e. The number of likely N-dealkylation sites (N-methyl/N-ethyl adjacent to an activating group) is 1. The first-order valence-corrected chi connectivity index (χ1v) is 10.9. The van der Waals surface area contributed by atoms with Crippen LogP contribution in [-0.4, -0.2) is 60.3 Å². The molecule has 3 rings (SSSR count). The Morgan fingerprint density at radius 3 is 2.56 bits per heavy atom. The van der Waals surface area contributed by atoms with Crippen LogP contribution in [0, 0.1) is 5.92 Å². The highest BCUT2D eigenvalue weighted by Gasteiger charge is 2.21. The molecule has 0 radical (unpaired) electrons. The van der Waals surface area contributed by atoms with Crippen molar-refractivity contribution in [3.8, 4) is 5.75 Å². The van der Waals surface area contributed by atoms with Gasteiger partial charge in [0, 0.05) is 24.7 Å². The molecule has 27 heavy (non-hydrogen) atoms. The molecule has 1 aliphatic heterocycles. The minimum Gasteiger partial charge on any atom is -0.491 e. The lowest BCUT2D eigenvalue weighted by Gasteiger charge is -2.32. The van der Waals surface area contributed by atoms with Gasteiger partial charge in [0.15, 0.2) is 0 Å². The Labute approximate surface area is 165 Å². The number of nitrogens with zero attached hydrogens (tertiary/aromatic N) is 2. The van der Waals surface area contributed by atoms with Crippen molar-refractivity contribution in [1.82, 2.24) is 9.80 Å². The first kappa shape index (κ1) is 20.6. The van der Waals surface area contributed by atoms with Gasteiger partial charge in [-0.15, -0.1) is 0 Å². The Hall–Kier alpha value is -1.10. The number of ether oxygens (including phenoxy) is 1. The van der Waals surface area contributed by atoms with Gasteiger partial charge in [0.1, 0.15) is 18.5 Å². The molecule has 0 spiro atoms. The predicted octanol–water partition coefficient (Wildman–Crippen LogP) is 3.92. The van der Waals surface area contributed by atoms with Crippen LogP contribution in [0.15, 0.2) is 24.3 Å². The zero-order chi connectivity index (χ0) is 19.1. The fraction of sp³-hybridized carbons (Fsp3) is 0.739. The summed E-state index contributed by atoms with van der Waals surface area (Å²) in [4.78, 5) is 4.85. The Bertz CT molecular complexity index is 551. The zero-order valence-corrected chi connectivity index (χ0v) is 17.3. The number of hydrogen-bond donors (Lipinski definition) is 1. The van der Waals surface area contributed by atoms with Crippen LogP contribution in [0.5, 0.6) is 5.75 Å². The summed E-state index contributed by atoms with van der Waals surface area (Å²) in [5, 5.41) is 10.5. The molecule has 4 heteroatoms. The number of likely N-dealkylation sites (tertiary alicyclic amines) is 1. The van der Waals surface area contributed by atoms with Crippen molar-refractivity contribution in [2.45, 2.75) is 70.6 Å². The Morgan fingerprint density at radius 2 is 1.81 bits per heavy atom. The van der Waals surface area contributed by atoms with Crippen LogP contribution >= 0.6 is 0 Å². The highest BCUT2D eigenvalue weighted by molar-refractivity contribution is 5.33. The van der Waals surface area contributed by atoms with Crippen molar-refractivity contribution in [3.05, 3.63) is 29.8 Å². The lowest BCUT2D eigenvalue weighted by molar-refractivity contribution is 0.0555. The van der Waals surface area contributed by atoms with E-state index in [2.05, 4.69) is 35.9 Å². The number of piperidine rings is 1. The molecule has 1 atom stereocenters. The summed E-state index contributed by atoms with van der Waals surface area (Å²) in [6, 6.07) is 8.94. The highest BCUT2D eigenvalue weighted by atomic mass is 16.5. The van der Waals surface area contributed by atoms with Gasteiger partial charge in [0.2, 0.25) is 0 Å². The fourth-order valence-corrected chi connectivity index (χ4v) is 4.48. The van der Waals surface area contributed by atoms with E-state index in [1.165, 1.54) is 63.6 Å². The minimum absolute atomic E-state index is 0.366. The summed E-state index contributed by atoms with van der Waals surface area (Å²) in [6.45, 7) is 6.69. The van der Waals surface area contributed by atoms with Crippen molar-refractivity contribution in [2.75, 3.05) is 33.3 Å². The summed E-state index contributed by atoms with van der Waals surface area (Å²) in [5.74, 6) is 1.78. The molecule has 1 aliphatic carbocycles. The third-order valence-corrected chi connectivity index (χ3v) is 6.37. The molecule has 2 aliphatic rings. The van der Waals surface area contributed by atoms with E-state index in [4.69, 9.17) is 4.74 Å². The quantitative estimate of drug-likeness (QED) is 0.748.